The molecule has 1 aliphatic heterocycles. The summed E-state index contributed by atoms with van der Waals surface area (Å²) in [5.74, 6) is 1.13. The lowest BCUT2D eigenvalue weighted by Crippen LogP contribution is -2.27. The standard InChI is InChI=1S/C15H22N2S/c1-4-5-12-6-8-13(9-7-12)17-14-16-10-15(2,3)11-18-14/h6-9H,4-5,10-11H2,1-3H3,(H,16,17). The van der Waals surface area contributed by atoms with Crippen LogP contribution < -0.4 is 5.32 Å². The molecule has 0 saturated carbocycles. The van der Waals surface area contributed by atoms with Crippen LogP contribution in [0.3, 0.4) is 0 Å². The first kappa shape index (κ1) is 13.5. The minimum absolute atomic E-state index is 0.334. The van der Waals surface area contributed by atoms with Gasteiger partial charge >= 0.3 is 0 Å². The molecule has 1 aromatic carbocycles. The van der Waals surface area contributed by atoms with Gasteiger partial charge in [0.2, 0.25) is 0 Å². The van der Waals surface area contributed by atoms with E-state index in [9.17, 15) is 0 Å². The van der Waals surface area contributed by atoms with E-state index in [0.717, 1.165) is 29.6 Å². The summed E-state index contributed by atoms with van der Waals surface area (Å²) in [7, 11) is 0. The molecule has 0 saturated heterocycles. The molecule has 1 aromatic rings. The van der Waals surface area contributed by atoms with Crippen LogP contribution >= 0.6 is 11.8 Å². The molecule has 3 heteroatoms. The Morgan fingerprint density at radius 3 is 2.56 bits per heavy atom. The maximum absolute atomic E-state index is 4.60. The van der Waals surface area contributed by atoms with Crippen molar-refractivity contribution >= 4 is 22.6 Å². The fourth-order valence-corrected chi connectivity index (χ4v) is 2.85. The van der Waals surface area contributed by atoms with Crippen molar-refractivity contribution in [2.75, 3.05) is 17.6 Å². The van der Waals surface area contributed by atoms with Gasteiger partial charge in [-0.05, 0) is 29.5 Å². The van der Waals surface area contributed by atoms with Crippen molar-refractivity contribution < 1.29 is 0 Å². The highest BCUT2D eigenvalue weighted by molar-refractivity contribution is 8.14. The molecule has 2 nitrogen and oxygen atoms in total. The molecule has 0 aliphatic carbocycles. The van der Waals surface area contributed by atoms with Crippen molar-refractivity contribution in [2.24, 2.45) is 10.4 Å². The van der Waals surface area contributed by atoms with E-state index in [1.165, 1.54) is 12.0 Å². The first-order chi connectivity index (χ1) is 8.59. The summed E-state index contributed by atoms with van der Waals surface area (Å²) >= 11 is 1.82. The molecule has 1 aliphatic rings. The van der Waals surface area contributed by atoms with Crippen LogP contribution in [0.2, 0.25) is 0 Å². The van der Waals surface area contributed by atoms with Gasteiger partial charge in [0.25, 0.3) is 0 Å². The Morgan fingerprint density at radius 2 is 2.00 bits per heavy atom. The van der Waals surface area contributed by atoms with Gasteiger partial charge < -0.3 is 5.32 Å². The van der Waals surface area contributed by atoms with Crippen LogP contribution in [0.15, 0.2) is 29.3 Å². The summed E-state index contributed by atoms with van der Waals surface area (Å²) in [4.78, 5) is 4.60. The molecule has 0 bridgehead atoms. The molecule has 0 radical (unpaired) electrons. The number of hydrogen-bond acceptors (Lipinski definition) is 3. The van der Waals surface area contributed by atoms with Gasteiger partial charge in [0.05, 0.1) is 0 Å². The second-order valence-corrected chi connectivity index (χ2v) is 6.61. The van der Waals surface area contributed by atoms with Crippen LogP contribution in [0.1, 0.15) is 32.8 Å². The lowest BCUT2D eigenvalue weighted by Gasteiger charge is -2.27. The average Bonchev–Trinajstić information content (AvgIpc) is 2.35. The topological polar surface area (TPSA) is 24.4 Å². The van der Waals surface area contributed by atoms with Gasteiger partial charge in [-0.15, -0.1) is 0 Å². The Morgan fingerprint density at radius 1 is 1.28 bits per heavy atom. The van der Waals surface area contributed by atoms with E-state index >= 15 is 0 Å². The van der Waals surface area contributed by atoms with Crippen LogP contribution in [0.5, 0.6) is 0 Å². The summed E-state index contributed by atoms with van der Waals surface area (Å²) in [5.41, 5.74) is 2.88. The number of rotatable bonds is 3. The zero-order chi connectivity index (χ0) is 13.0. The second-order valence-electron chi connectivity index (χ2n) is 5.65. The third-order valence-corrected chi connectivity index (χ3v) is 4.42. The first-order valence-corrected chi connectivity index (χ1v) is 7.61. The van der Waals surface area contributed by atoms with Crippen molar-refractivity contribution in [3.05, 3.63) is 29.8 Å². The van der Waals surface area contributed by atoms with Crippen LogP contribution in [-0.2, 0) is 6.42 Å². The fraction of sp³-hybridized carbons (Fsp3) is 0.533. The summed E-state index contributed by atoms with van der Waals surface area (Å²) in [6, 6.07) is 8.69. The van der Waals surface area contributed by atoms with Crippen molar-refractivity contribution in [2.45, 2.75) is 33.6 Å². The van der Waals surface area contributed by atoms with E-state index in [1.807, 2.05) is 11.8 Å². The largest absolute Gasteiger partial charge is 0.335 e. The lowest BCUT2D eigenvalue weighted by atomic mass is 9.97. The number of anilines is 1. The molecular weight excluding hydrogens is 240 g/mol. The molecule has 0 spiro atoms. The Hall–Kier alpha value is -0.960. The lowest BCUT2D eigenvalue weighted by molar-refractivity contribution is 0.438. The minimum Gasteiger partial charge on any atom is -0.335 e. The number of amidine groups is 1. The molecule has 0 atom stereocenters. The Bertz CT molecular complexity index is 421. The molecule has 0 fully saturated rings. The molecular formula is C15H22N2S. The number of aliphatic imine (C=N–C) groups is 1. The predicted molar refractivity (Wildman–Crippen MR) is 82.6 cm³/mol. The van der Waals surface area contributed by atoms with Gasteiger partial charge in [0.1, 0.15) is 0 Å². The number of nitrogens with zero attached hydrogens (tertiary/aromatic N) is 1. The van der Waals surface area contributed by atoms with E-state index in [4.69, 9.17) is 0 Å². The molecule has 18 heavy (non-hydrogen) atoms. The number of aryl methyl sites for hydroxylation is 1. The van der Waals surface area contributed by atoms with Crippen molar-refractivity contribution in [1.29, 1.82) is 0 Å². The fourth-order valence-electron chi connectivity index (χ4n) is 1.88. The molecule has 2 rings (SSSR count). The van der Waals surface area contributed by atoms with Crippen molar-refractivity contribution in [3.8, 4) is 0 Å². The monoisotopic (exact) mass is 262 g/mol. The van der Waals surface area contributed by atoms with Gasteiger partial charge in [-0.25, -0.2) is 0 Å². The summed E-state index contributed by atoms with van der Waals surface area (Å²) < 4.78 is 0. The zero-order valence-corrected chi connectivity index (χ0v) is 12.3. The van der Waals surface area contributed by atoms with E-state index in [-0.39, 0.29) is 0 Å². The minimum atomic E-state index is 0.334. The maximum atomic E-state index is 4.60. The smallest absolute Gasteiger partial charge is 0.161 e. The molecule has 1 heterocycles. The third-order valence-electron chi connectivity index (χ3n) is 2.99. The van der Waals surface area contributed by atoms with Crippen LogP contribution in [-0.4, -0.2) is 17.5 Å². The van der Waals surface area contributed by atoms with E-state index in [1.54, 1.807) is 0 Å². The Labute approximate surface area is 114 Å². The Kier molecular flexibility index (Phi) is 4.33. The quantitative estimate of drug-likeness (QED) is 0.883. The van der Waals surface area contributed by atoms with Crippen LogP contribution in [0.25, 0.3) is 0 Å². The average molecular weight is 262 g/mol. The van der Waals surface area contributed by atoms with Gasteiger partial charge in [0.15, 0.2) is 5.17 Å². The summed E-state index contributed by atoms with van der Waals surface area (Å²) in [5, 5.41) is 4.45. The molecule has 0 aromatic heterocycles. The van der Waals surface area contributed by atoms with E-state index in [2.05, 4.69) is 55.3 Å². The highest BCUT2D eigenvalue weighted by Gasteiger charge is 2.23. The normalized spacial score (nSPS) is 18.3. The molecule has 0 unspecified atom stereocenters. The van der Waals surface area contributed by atoms with Gasteiger partial charge in [0, 0.05) is 18.0 Å². The SMILES string of the molecule is CCCc1ccc(NC2=NCC(C)(C)CS2)cc1. The molecule has 1 N–H and O–H groups in total. The number of benzene rings is 1. The summed E-state index contributed by atoms with van der Waals surface area (Å²) in [6.45, 7) is 7.65. The predicted octanol–water partition coefficient (Wildman–Crippen LogP) is 4.18. The zero-order valence-electron chi connectivity index (χ0n) is 11.5. The third kappa shape index (κ3) is 3.77. The van der Waals surface area contributed by atoms with Crippen molar-refractivity contribution in [3.63, 3.8) is 0 Å². The van der Waals surface area contributed by atoms with E-state index < -0.39 is 0 Å². The Balaban J connectivity index is 1.96. The second kappa shape index (κ2) is 5.79. The van der Waals surface area contributed by atoms with Gasteiger partial charge in [-0.1, -0.05) is 51.1 Å². The van der Waals surface area contributed by atoms with Gasteiger partial charge in [-0.2, -0.15) is 0 Å². The molecule has 0 amide bonds. The number of nitrogens with one attached hydrogen (secondary N) is 1. The van der Waals surface area contributed by atoms with Crippen LogP contribution in [0, 0.1) is 5.41 Å². The van der Waals surface area contributed by atoms with Gasteiger partial charge in [-0.3, -0.25) is 4.99 Å². The maximum Gasteiger partial charge on any atom is 0.161 e. The molecule has 98 valence electrons. The number of hydrogen-bond donors (Lipinski definition) is 1. The van der Waals surface area contributed by atoms with Crippen LogP contribution in [0.4, 0.5) is 5.69 Å². The highest BCUT2D eigenvalue weighted by atomic mass is 32.2. The number of thioether (sulfide) groups is 1. The highest BCUT2D eigenvalue weighted by Crippen LogP contribution is 2.28. The van der Waals surface area contributed by atoms with Crippen molar-refractivity contribution in [1.82, 2.24) is 0 Å². The summed E-state index contributed by atoms with van der Waals surface area (Å²) in [6.07, 6.45) is 2.36. The first-order valence-electron chi connectivity index (χ1n) is 6.62. The van der Waals surface area contributed by atoms with E-state index in [0.29, 0.717) is 5.41 Å².